The predicted molar refractivity (Wildman–Crippen MR) is 81.9 cm³/mol. The van der Waals surface area contributed by atoms with E-state index in [2.05, 4.69) is 17.1 Å². The zero-order valence-corrected chi connectivity index (χ0v) is 12.4. The molecule has 1 saturated carbocycles. The molecular weight excluding hydrogens is 248 g/mol. The first kappa shape index (κ1) is 13.9. The number of rotatable bonds is 5. The Bertz CT molecular complexity index is 419. The van der Waals surface area contributed by atoms with Gasteiger partial charge in [-0.3, -0.25) is 0 Å². The molecule has 1 saturated heterocycles. The third kappa shape index (κ3) is 3.33. The number of phenols is 1. The standard InChI is InChI=1S/C17H26N2O/c1-2-17(13-3-7-16(20)8-4-13)18-14-9-11-19(12-10-14)15-5-6-15/h3-4,7-8,14-15,17-18,20H,2,5-6,9-12H2,1H3. The molecule has 0 bridgehead atoms. The number of nitrogens with one attached hydrogen (secondary N) is 1. The summed E-state index contributed by atoms with van der Waals surface area (Å²) in [4.78, 5) is 2.67. The molecule has 20 heavy (non-hydrogen) atoms. The maximum absolute atomic E-state index is 9.39. The van der Waals surface area contributed by atoms with Crippen LogP contribution in [0, 0.1) is 0 Å². The van der Waals surface area contributed by atoms with Crippen molar-refractivity contribution in [1.29, 1.82) is 0 Å². The average Bonchev–Trinajstić information content (AvgIpc) is 3.31. The van der Waals surface area contributed by atoms with Crippen LogP contribution >= 0.6 is 0 Å². The third-order valence-corrected chi connectivity index (χ3v) is 4.73. The fourth-order valence-corrected chi connectivity index (χ4v) is 3.31. The van der Waals surface area contributed by atoms with Gasteiger partial charge in [0, 0.05) is 18.1 Å². The van der Waals surface area contributed by atoms with Crippen LogP contribution in [0.15, 0.2) is 24.3 Å². The van der Waals surface area contributed by atoms with Crippen molar-refractivity contribution in [2.45, 2.75) is 57.2 Å². The Morgan fingerprint density at radius 3 is 2.35 bits per heavy atom. The Kier molecular flexibility index (Phi) is 4.27. The maximum Gasteiger partial charge on any atom is 0.115 e. The zero-order chi connectivity index (χ0) is 13.9. The summed E-state index contributed by atoms with van der Waals surface area (Å²) >= 11 is 0. The molecule has 1 aliphatic heterocycles. The van der Waals surface area contributed by atoms with Crippen molar-refractivity contribution in [2.24, 2.45) is 0 Å². The Morgan fingerprint density at radius 1 is 1.15 bits per heavy atom. The van der Waals surface area contributed by atoms with Crippen molar-refractivity contribution in [2.75, 3.05) is 13.1 Å². The van der Waals surface area contributed by atoms with Crippen molar-refractivity contribution in [3.05, 3.63) is 29.8 Å². The van der Waals surface area contributed by atoms with Crippen LogP contribution in [-0.4, -0.2) is 35.2 Å². The van der Waals surface area contributed by atoms with Crippen LogP contribution in [-0.2, 0) is 0 Å². The first-order valence-corrected chi connectivity index (χ1v) is 8.05. The molecule has 1 aromatic carbocycles. The highest BCUT2D eigenvalue weighted by molar-refractivity contribution is 5.28. The molecule has 1 atom stereocenters. The molecule has 1 unspecified atom stereocenters. The normalized spacial score (nSPS) is 22.9. The number of hydrogen-bond acceptors (Lipinski definition) is 3. The number of benzene rings is 1. The van der Waals surface area contributed by atoms with E-state index in [-0.39, 0.29) is 0 Å². The first-order chi connectivity index (χ1) is 9.76. The number of hydrogen-bond donors (Lipinski definition) is 2. The van der Waals surface area contributed by atoms with Gasteiger partial charge in [0.2, 0.25) is 0 Å². The van der Waals surface area contributed by atoms with Gasteiger partial charge in [-0.25, -0.2) is 0 Å². The van der Waals surface area contributed by atoms with E-state index in [1.54, 1.807) is 12.1 Å². The summed E-state index contributed by atoms with van der Waals surface area (Å²) in [5, 5.41) is 13.2. The lowest BCUT2D eigenvalue weighted by Crippen LogP contribution is -2.44. The molecule has 1 aliphatic carbocycles. The SMILES string of the molecule is CCC(NC1CCN(C2CC2)CC1)c1ccc(O)cc1. The molecule has 0 spiro atoms. The van der Waals surface area contributed by atoms with E-state index in [0.717, 1.165) is 12.5 Å². The monoisotopic (exact) mass is 274 g/mol. The summed E-state index contributed by atoms with van der Waals surface area (Å²) < 4.78 is 0. The van der Waals surface area contributed by atoms with Crippen molar-refractivity contribution >= 4 is 0 Å². The van der Waals surface area contributed by atoms with Gasteiger partial charge in [0.05, 0.1) is 0 Å². The van der Waals surface area contributed by atoms with E-state index in [1.165, 1.54) is 44.3 Å². The Balaban J connectivity index is 1.54. The molecule has 0 radical (unpaired) electrons. The van der Waals surface area contributed by atoms with Crippen LogP contribution < -0.4 is 5.32 Å². The third-order valence-electron chi connectivity index (χ3n) is 4.73. The molecule has 1 aromatic rings. The molecule has 2 fully saturated rings. The zero-order valence-electron chi connectivity index (χ0n) is 12.4. The minimum absolute atomic E-state index is 0.348. The van der Waals surface area contributed by atoms with Gasteiger partial charge in [0.1, 0.15) is 5.75 Å². The Labute approximate surface area is 122 Å². The second-order valence-corrected chi connectivity index (χ2v) is 6.26. The van der Waals surface area contributed by atoms with Crippen molar-refractivity contribution in [3.63, 3.8) is 0 Å². The lowest BCUT2D eigenvalue weighted by atomic mass is 9.99. The van der Waals surface area contributed by atoms with Gasteiger partial charge in [-0.2, -0.15) is 0 Å². The minimum Gasteiger partial charge on any atom is -0.508 e. The predicted octanol–water partition coefficient (Wildman–Crippen LogP) is 3.06. The molecule has 1 heterocycles. The number of nitrogens with zero attached hydrogens (tertiary/aromatic N) is 1. The van der Waals surface area contributed by atoms with Crippen molar-refractivity contribution < 1.29 is 5.11 Å². The fraction of sp³-hybridized carbons (Fsp3) is 0.647. The summed E-state index contributed by atoms with van der Waals surface area (Å²) in [6.07, 6.45) is 6.47. The lowest BCUT2D eigenvalue weighted by molar-refractivity contribution is 0.182. The van der Waals surface area contributed by atoms with Gasteiger partial charge >= 0.3 is 0 Å². The highest BCUT2D eigenvalue weighted by Crippen LogP contribution is 2.30. The summed E-state index contributed by atoms with van der Waals surface area (Å²) in [6, 6.07) is 9.61. The average molecular weight is 274 g/mol. The highest BCUT2D eigenvalue weighted by atomic mass is 16.3. The Morgan fingerprint density at radius 2 is 1.80 bits per heavy atom. The number of aromatic hydroxyl groups is 1. The summed E-state index contributed by atoms with van der Waals surface area (Å²) in [5.41, 5.74) is 1.29. The van der Waals surface area contributed by atoms with Crippen LogP contribution in [0.25, 0.3) is 0 Å². The first-order valence-electron chi connectivity index (χ1n) is 8.05. The van der Waals surface area contributed by atoms with Crippen molar-refractivity contribution in [3.8, 4) is 5.75 Å². The molecule has 2 N–H and O–H groups in total. The lowest BCUT2D eigenvalue weighted by Gasteiger charge is -2.34. The van der Waals surface area contributed by atoms with E-state index < -0.39 is 0 Å². The second-order valence-electron chi connectivity index (χ2n) is 6.26. The quantitative estimate of drug-likeness (QED) is 0.866. The molecule has 0 aromatic heterocycles. The van der Waals surface area contributed by atoms with Gasteiger partial charge in [-0.05, 0) is 62.9 Å². The number of piperidine rings is 1. The van der Waals surface area contributed by atoms with Crippen LogP contribution in [0.3, 0.4) is 0 Å². The van der Waals surface area contributed by atoms with E-state index >= 15 is 0 Å². The van der Waals surface area contributed by atoms with Crippen molar-refractivity contribution in [1.82, 2.24) is 10.2 Å². The summed E-state index contributed by atoms with van der Waals surface area (Å²) in [6.45, 7) is 4.74. The van der Waals surface area contributed by atoms with E-state index in [0.29, 0.717) is 17.8 Å². The van der Waals surface area contributed by atoms with Gasteiger partial charge < -0.3 is 15.3 Å². The molecule has 3 heteroatoms. The highest BCUT2D eigenvalue weighted by Gasteiger charge is 2.32. The van der Waals surface area contributed by atoms with E-state index in [9.17, 15) is 5.11 Å². The van der Waals surface area contributed by atoms with Crippen LogP contribution in [0.5, 0.6) is 5.75 Å². The second kappa shape index (κ2) is 6.15. The molecular formula is C17H26N2O. The topological polar surface area (TPSA) is 35.5 Å². The molecule has 110 valence electrons. The molecule has 0 amide bonds. The number of phenolic OH excluding ortho intramolecular Hbond substituents is 1. The molecule has 3 rings (SSSR count). The largest absolute Gasteiger partial charge is 0.508 e. The smallest absolute Gasteiger partial charge is 0.115 e. The minimum atomic E-state index is 0.348. The number of likely N-dealkylation sites (tertiary alicyclic amines) is 1. The fourth-order valence-electron chi connectivity index (χ4n) is 3.31. The van der Waals surface area contributed by atoms with Crippen LogP contribution in [0.4, 0.5) is 0 Å². The van der Waals surface area contributed by atoms with Crippen LogP contribution in [0.1, 0.15) is 50.6 Å². The maximum atomic E-state index is 9.39. The van der Waals surface area contributed by atoms with Gasteiger partial charge in [0.15, 0.2) is 0 Å². The molecule has 2 aliphatic rings. The summed E-state index contributed by atoms with van der Waals surface area (Å²) in [7, 11) is 0. The summed E-state index contributed by atoms with van der Waals surface area (Å²) in [5.74, 6) is 0.348. The van der Waals surface area contributed by atoms with E-state index in [4.69, 9.17) is 0 Å². The van der Waals surface area contributed by atoms with Gasteiger partial charge in [-0.1, -0.05) is 19.1 Å². The Hall–Kier alpha value is -1.06. The van der Waals surface area contributed by atoms with Crippen LogP contribution in [0.2, 0.25) is 0 Å². The van der Waals surface area contributed by atoms with Gasteiger partial charge in [0.25, 0.3) is 0 Å². The van der Waals surface area contributed by atoms with E-state index in [1.807, 2.05) is 12.1 Å². The molecule has 3 nitrogen and oxygen atoms in total. The van der Waals surface area contributed by atoms with Gasteiger partial charge in [-0.15, -0.1) is 0 Å².